The van der Waals surface area contributed by atoms with Crippen molar-refractivity contribution < 1.29 is 59.0 Å². The topological polar surface area (TPSA) is 125 Å². The second kappa shape index (κ2) is 11.2. The smallest absolute Gasteiger partial charge is 0.430 e. The largest absolute Gasteiger partial charge is 0.477 e. The summed E-state index contributed by atoms with van der Waals surface area (Å²) in [6, 6.07) is 6.33. The summed E-state index contributed by atoms with van der Waals surface area (Å²) in [6.45, 7) is 0. The number of aromatic nitrogens is 1. The molecule has 8 nitrogen and oxygen atoms in total. The van der Waals surface area contributed by atoms with Crippen molar-refractivity contribution >= 4 is 27.5 Å². The van der Waals surface area contributed by atoms with Crippen molar-refractivity contribution in [2.24, 2.45) is 0 Å². The Morgan fingerprint density at radius 2 is 1.60 bits per heavy atom. The van der Waals surface area contributed by atoms with Gasteiger partial charge in [-0.15, -0.1) is 0 Å². The van der Waals surface area contributed by atoms with Crippen molar-refractivity contribution in [2.45, 2.75) is 54.6 Å². The van der Waals surface area contributed by atoms with Crippen LogP contribution >= 0.6 is 0 Å². The highest BCUT2D eigenvalue weighted by molar-refractivity contribution is 7.92. The summed E-state index contributed by atoms with van der Waals surface area (Å²) in [7, 11) is -4.69. The number of aromatic carboxylic acids is 1. The van der Waals surface area contributed by atoms with Gasteiger partial charge in [0, 0.05) is 24.6 Å². The van der Waals surface area contributed by atoms with Crippen LogP contribution in [0, 0.1) is 5.82 Å². The van der Waals surface area contributed by atoms with Crippen LogP contribution in [0.15, 0.2) is 65.7 Å². The number of benzene rings is 2. The molecule has 16 heteroatoms. The molecule has 4 rings (SSSR count). The van der Waals surface area contributed by atoms with Crippen LogP contribution in [-0.4, -0.2) is 53.8 Å². The van der Waals surface area contributed by atoms with Crippen LogP contribution in [0.1, 0.15) is 40.0 Å². The number of hydrogen-bond donors (Lipinski definition) is 2. The van der Waals surface area contributed by atoms with Crippen LogP contribution in [0.4, 0.5) is 36.4 Å². The predicted molar refractivity (Wildman–Crippen MR) is 135 cm³/mol. The molecule has 1 aliphatic rings. The molecule has 1 aliphatic heterocycles. The van der Waals surface area contributed by atoms with E-state index in [0.29, 0.717) is 22.5 Å². The fraction of sp³-hybridized carbons (Fsp3) is 0.296. The quantitative estimate of drug-likeness (QED) is 0.337. The molecule has 0 saturated carbocycles. The van der Waals surface area contributed by atoms with Gasteiger partial charge in [-0.3, -0.25) is 9.10 Å². The maximum Gasteiger partial charge on any atom is 0.430 e. The molecule has 0 bridgehead atoms. The first-order valence-electron chi connectivity index (χ1n) is 12.4. The number of carboxylic acid groups (broad SMARTS) is 1. The number of rotatable bonds is 8. The van der Waals surface area contributed by atoms with Crippen LogP contribution in [0.3, 0.4) is 0 Å². The number of anilines is 1. The molecule has 2 N–H and O–H groups in total. The summed E-state index contributed by atoms with van der Waals surface area (Å²) < 4.78 is 123. The number of fused-ring (bicyclic) bond motifs is 1. The van der Waals surface area contributed by atoms with Gasteiger partial charge in [-0.05, 0) is 60.4 Å². The number of ketones is 1. The van der Waals surface area contributed by atoms with Crippen LogP contribution in [0.5, 0.6) is 0 Å². The molecule has 0 fully saturated rings. The van der Waals surface area contributed by atoms with E-state index in [1.165, 1.54) is 18.3 Å². The first-order chi connectivity index (χ1) is 19.9. The van der Waals surface area contributed by atoms with Gasteiger partial charge < -0.3 is 10.2 Å². The first kappa shape index (κ1) is 31.9. The molecular weight excluding hydrogens is 613 g/mol. The van der Waals surface area contributed by atoms with E-state index in [4.69, 9.17) is 0 Å². The van der Waals surface area contributed by atoms with Crippen molar-refractivity contribution in [3.05, 3.63) is 89.0 Å². The van der Waals surface area contributed by atoms with E-state index in [1.807, 2.05) is 0 Å². The van der Waals surface area contributed by atoms with E-state index in [-0.39, 0.29) is 29.7 Å². The molecule has 0 saturated heterocycles. The van der Waals surface area contributed by atoms with Crippen molar-refractivity contribution in [3.63, 3.8) is 0 Å². The van der Waals surface area contributed by atoms with E-state index in [1.54, 1.807) is 0 Å². The Hall–Kier alpha value is -4.05. The van der Waals surface area contributed by atoms with E-state index < -0.39 is 80.6 Å². The number of carbonyl (C=O) groups excluding carboxylic acids is 1. The Morgan fingerprint density at radius 1 is 0.977 bits per heavy atom. The summed E-state index contributed by atoms with van der Waals surface area (Å²) in [5.74, 6) is -2.84. The molecule has 230 valence electrons. The molecule has 1 aromatic heterocycles. The number of sulfonamides is 1. The highest BCUT2D eigenvalue weighted by atomic mass is 32.2. The highest BCUT2D eigenvalue weighted by Crippen LogP contribution is 2.51. The van der Waals surface area contributed by atoms with Crippen LogP contribution < -0.4 is 4.31 Å². The number of carbonyl (C=O) groups is 2. The number of halogens is 7. The minimum absolute atomic E-state index is 0.0346. The highest BCUT2D eigenvalue weighted by Gasteiger charge is 2.71. The summed E-state index contributed by atoms with van der Waals surface area (Å²) in [5.41, 5.74) is -7.86. The Bertz CT molecular complexity index is 1640. The maximum atomic E-state index is 13.8. The van der Waals surface area contributed by atoms with Gasteiger partial charge in [0.15, 0.2) is 5.69 Å². The second-order valence-corrected chi connectivity index (χ2v) is 11.5. The van der Waals surface area contributed by atoms with Crippen molar-refractivity contribution in [3.8, 4) is 0 Å². The average Bonchev–Trinajstić information content (AvgIpc) is 2.91. The lowest BCUT2D eigenvalue weighted by atomic mass is 9.87. The molecule has 0 amide bonds. The lowest BCUT2D eigenvalue weighted by Gasteiger charge is -2.39. The van der Waals surface area contributed by atoms with E-state index >= 15 is 0 Å². The molecule has 2 aromatic carbocycles. The lowest BCUT2D eigenvalue weighted by Crippen LogP contribution is -2.54. The van der Waals surface area contributed by atoms with Gasteiger partial charge in [0.25, 0.3) is 15.6 Å². The summed E-state index contributed by atoms with van der Waals surface area (Å²) in [4.78, 5) is 27.7. The molecule has 3 aromatic rings. The van der Waals surface area contributed by atoms with Crippen molar-refractivity contribution in [2.75, 3.05) is 4.31 Å². The number of aliphatic hydroxyl groups is 1. The van der Waals surface area contributed by atoms with Gasteiger partial charge in [0.05, 0.1) is 16.6 Å². The molecule has 0 aliphatic carbocycles. The van der Waals surface area contributed by atoms with E-state index in [0.717, 1.165) is 24.3 Å². The number of pyridine rings is 1. The molecule has 0 radical (unpaired) electrons. The first-order valence-corrected chi connectivity index (χ1v) is 13.8. The Balaban J connectivity index is 1.79. The molecule has 0 unspecified atom stereocenters. The minimum atomic E-state index is -6.18. The Labute approximate surface area is 239 Å². The molecular formula is C27H21F7N2O6S. The third-order valence-corrected chi connectivity index (χ3v) is 8.83. The standard InChI is InChI=1S/C27H21F7N2O6S/c28-18-5-8-21(9-6-18)43(41,42)36-19(14-20(37)13-16-2-1-11-35-23(16)24(38)39)7-3-15-12-17(4-10-22(15)36)25(40,26(29,30)31)27(32,33)34/h1-2,4-6,8-12,19,40H,3,7,13-14H2,(H,38,39)/t19-/m0/s1. The van der Waals surface area contributed by atoms with Crippen molar-refractivity contribution in [1.29, 1.82) is 0 Å². The minimum Gasteiger partial charge on any atom is -0.477 e. The second-order valence-electron chi connectivity index (χ2n) is 9.73. The molecule has 43 heavy (non-hydrogen) atoms. The van der Waals surface area contributed by atoms with E-state index in [9.17, 15) is 59.0 Å². The fourth-order valence-electron chi connectivity index (χ4n) is 4.90. The van der Waals surface area contributed by atoms with Crippen LogP contribution in [0.25, 0.3) is 0 Å². The monoisotopic (exact) mass is 634 g/mol. The zero-order valence-electron chi connectivity index (χ0n) is 21.7. The zero-order valence-corrected chi connectivity index (χ0v) is 22.5. The summed E-state index contributed by atoms with van der Waals surface area (Å²) in [6.07, 6.45) is -12.7. The van der Waals surface area contributed by atoms with Crippen LogP contribution in [-0.2, 0) is 33.3 Å². The number of nitrogens with zero attached hydrogens (tertiary/aromatic N) is 2. The number of hydrogen-bond acceptors (Lipinski definition) is 6. The SMILES string of the molecule is O=C(Cc1cccnc1C(=O)O)C[C@@H]1CCc2cc(C(O)(C(F)(F)F)C(F)(F)F)ccc2N1S(=O)(=O)c1ccc(F)cc1. The normalized spacial score (nSPS) is 16.1. The Morgan fingerprint density at radius 3 is 2.19 bits per heavy atom. The third-order valence-electron chi connectivity index (χ3n) is 6.95. The average molecular weight is 635 g/mol. The summed E-state index contributed by atoms with van der Waals surface area (Å²) in [5, 5.41) is 19.2. The van der Waals surface area contributed by atoms with Crippen LogP contribution in [0.2, 0.25) is 0 Å². The van der Waals surface area contributed by atoms with Gasteiger partial charge in [-0.25, -0.2) is 22.6 Å². The number of aryl methyl sites for hydroxylation is 1. The number of carboxylic acids is 1. The molecule has 0 spiro atoms. The van der Waals surface area contributed by atoms with E-state index in [2.05, 4.69) is 4.98 Å². The molecule has 2 heterocycles. The van der Waals surface area contributed by atoms with Gasteiger partial charge in [-0.2, -0.15) is 26.3 Å². The summed E-state index contributed by atoms with van der Waals surface area (Å²) >= 11 is 0. The number of Topliss-reactive ketones (excluding diaryl/α,β-unsaturated/α-hetero) is 1. The predicted octanol–water partition coefficient (Wildman–Crippen LogP) is 4.94. The Kier molecular flexibility index (Phi) is 8.32. The van der Waals surface area contributed by atoms with Gasteiger partial charge in [0.2, 0.25) is 0 Å². The van der Waals surface area contributed by atoms with Gasteiger partial charge >= 0.3 is 18.3 Å². The van der Waals surface area contributed by atoms with Crippen molar-refractivity contribution in [1.82, 2.24) is 4.98 Å². The third kappa shape index (κ3) is 5.93. The number of alkyl halides is 6. The zero-order chi connectivity index (χ0) is 32.0. The maximum absolute atomic E-state index is 13.8. The lowest BCUT2D eigenvalue weighted by molar-refractivity contribution is -0.376. The molecule has 1 atom stereocenters. The fourth-order valence-corrected chi connectivity index (χ4v) is 6.62. The van der Waals surface area contributed by atoms with Gasteiger partial charge in [-0.1, -0.05) is 18.2 Å². The van der Waals surface area contributed by atoms with Gasteiger partial charge in [0.1, 0.15) is 11.6 Å².